The lowest BCUT2D eigenvalue weighted by Gasteiger charge is -2.24. The Kier molecular flexibility index (Phi) is 25.6. The van der Waals surface area contributed by atoms with Gasteiger partial charge in [-0.2, -0.15) is 0 Å². The van der Waals surface area contributed by atoms with Crippen molar-refractivity contribution in [2.45, 2.75) is 143 Å². The third-order valence-corrected chi connectivity index (χ3v) is 8.25. The van der Waals surface area contributed by atoms with Crippen molar-refractivity contribution in [2.24, 2.45) is 17.6 Å². The van der Waals surface area contributed by atoms with Gasteiger partial charge in [0.2, 0.25) is 17.7 Å². The Hall–Kier alpha value is -2.29. The maximum Gasteiger partial charge on any atom is 0.226 e. The molecule has 0 radical (unpaired) electrons. The molecule has 0 aliphatic carbocycles. The quantitative estimate of drug-likeness (QED) is 0.101. The van der Waals surface area contributed by atoms with Gasteiger partial charge in [0.15, 0.2) is 11.6 Å². The summed E-state index contributed by atoms with van der Waals surface area (Å²) in [5, 5.41) is 2.82. The van der Waals surface area contributed by atoms with E-state index < -0.39 is 5.92 Å². The van der Waals surface area contributed by atoms with E-state index in [0.717, 1.165) is 25.7 Å². The standard InChI is InChI=1S/C35H66N4O5/c1-6-7-8-9-10-11-12-13-14-15-16-17-18-22-33(42)37-25-23-34(43)38(4)27-31(40)26-30(21-19-20-24-36)35(44)39(5)28-32(41)29(2)3/h29-30H,6-28,36H2,1-5H3,(H,37,42)/t30-/m1/s1. The van der Waals surface area contributed by atoms with Crippen molar-refractivity contribution in [2.75, 3.05) is 40.3 Å². The van der Waals surface area contributed by atoms with Crippen LogP contribution < -0.4 is 11.1 Å². The van der Waals surface area contributed by atoms with E-state index in [4.69, 9.17) is 5.73 Å². The molecule has 0 fully saturated rings. The highest BCUT2D eigenvalue weighted by molar-refractivity contribution is 5.92. The SMILES string of the molecule is CCCCCCCCCCCCCCCC(=O)NCCC(=O)N(C)CC(=O)C[C@@H](CCCCN)C(=O)N(C)CC(=O)C(C)C. The van der Waals surface area contributed by atoms with Crippen LogP contribution >= 0.6 is 0 Å². The van der Waals surface area contributed by atoms with Crippen molar-refractivity contribution in [3.05, 3.63) is 0 Å². The number of rotatable bonds is 29. The molecule has 3 amide bonds. The minimum absolute atomic E-state index is 0.0110. The molecular weight excluding hydrogens is 556 g/mol. The Balaban J connectivity index is 4.23. The summed E-state index contributed by atoms with van der Waals surface area (Å²) in [5.41, 5.74) is 5.60. The number of unbranched alkanes of at least 4 members (excludes halogenated alkanes) is 13. The number of nitrogens with one attached hydrogen (secondary N) is 1. The predicted molar refractivity (Wildman–Crippen MR) is 179 cm³/mol. The molecule has 0 bridgehead atoms. The average Bonchev–Trinajstić information content (AvgIpc) is 2.98. The highest BCUT2D eigenvalue weighted by Gasteiger charge is 2.27. The van der Waals surface area contributed by atoms with E-state index in [2.05, 4.69) is 12.2 Å². The summed E-state index contributed by atoms with van der Waals surface area (Å²) in [6.45, 7) is 6.50. The van der Waals surface area contributed by atoms with Crippen LogP contribution in [0.15, 0.2) is 0 Å². The van der Waals surface area contributed by atoms with Gasteiger partial charge in [0.25, 0.3) is 0 Å². The fourth-order valence-electron chi connectivity index (χ4n) is 5.24. The first-order valence-electron chi connectivity index (χ1n) is 17.5. The molecule has 256 valence electrons. The van der Waals surface area contributed by atoms with Gasteiger partial charge >= 0.3 is 0 Å². The van der Waals surface area contributed by atoms with Crippen molar-refractivity contribution in [3.63, 3.8) is 0 Å². The highest BCUT2D eigenvalue weighted by Crippen LogP contribution is 2.17. The first kappa shape index (κ1) is 41.7. The first-order chi connectivity index (χ1) is 21.0. The molecule has 0 aliphatic rings. The second-order valence-electron chi connectivity index (χ2n) is 12.9. The smallest absolute Gasteiger partial charge is 0.226 e. The minimum Gasteiger partial charge on any atom is -0.356 e. The number of ketones is 2. The van der Waals surface area contributed by atoms with E-state index in [1.165, 1.54) is 74.0 Å². The molecule has 0 rings (SSSR count). The number of nitrogens with zero attached hydrogens (tertiary/aromatic N) is 2. The number of hydrogen-bond donors (Lipinski definition) is 2. The van der Waals surface area contributed by atoms with Crippen LogP contribution in [-0.4, -0.2) is 79.4 Å². The van der Waals surface area contributed by atoms with Gasteiger partial charge in [0, 0.05) is 51.7 Å². The first-order valence-corrected chi connectivity index (χ1v) is 17.5. The van der Waals surface area contributed by atoms with Crippen molar-refractivity contribution >= 4 is 29.3 Å². The second kappa shape index (κ2) is 27.1. The molecule has 0 saturated heterocycles. The van der Waals surface area contributed by atoms with E-state index in [0.29, 0.717) is 25.8 Å². The fourth-order valence-corrected chi connectivity index (χ4v) is 5.24. The van der Waals surface area contributed by atoms with Crippen molar-refractivity contribution in [3.8, 4) is 0 Å². The van der Waals surface area contributed by atoms with Gasteiger partial charge in [-0.25, -0.2) is 0 Å². The van der Waals surface area contributed by atoms with Gasteiger partial charge in [0.05, 0.1) is 13.1 Å². The molecule has 9 heteroatoms. The Morgan fingerprint density at radius 3 is 1.75 bits per heavy atom. The molecule has 1 atom stereocenters. The average molecular weight is 623 g/mol. The van der Waals surface area contributed by atoms with Crippen LogP contribution in [-0.2, 0) is 24.0 Å². The number of hydrogen-bond acceptors (Lipinski definition) is 6. The van der Waals surface area contributed by atoms with Crippen LogP contribution in [0, 0.1) is 11.8 Å². The summed E-state index contributed by atoms with van der Waals surface area (Å²) in [6, 6.07) is 0. The molecule has 0 heterocycles. The van der Waals surface area contributed by atoms with Crippen LogP contribution in [0.5, 0.6) is 0 Å². The molecule has 0 aromatic rings. The largest absolute Gasteiger partial charge is 0.356 e. The normalized spacial score (nSPS) is 11.8. The molecule has 0 aliphatic heterocycles. The zero-order valence-electron chi connectivity index (χ0n) is 28.9. The van der Waals surface area contributed by atoms with Gasteiger partial charge in [-0.15, -0.1) is 0 Å². The van der Waals surface area contributed by atoms with Crippen LogP contribution in [0.2, 0.25) is 0 Å². The van der Waals surface area contributed by atoms with Gasteiger partial charge in [0.1, 0.15) is 0 Å². The molecule has 0 unspecified atom stereocenters. The van der Waals surface area contributed by atoms with E-state index >= 15 is 0 Å². The van der Waals surface area contributed by atoms with Crippen LogP contribution in [0.4, 0.5) is 0 Å². The summed E-state index contributed by atoms with van der Waals surface area (Å²) in [5.74, 6) is -1.47. The number of carbonyl (C=O) groups is 5. The molecule has 0 aromatic carbocycles. The molecule has 3 N–H and O–H groups in total. The van der Waals surface area contributed by atoms with Crippen LogP contribution in [0.1, 0.15) is 143 Å². The number of nitrogens with two attached hydrogens (primary N) is 1. The summed E-state index contributed by atoms with van der Waals surface area (Å²) < 4.78 is 0. The van der Waals surface area contributed by atoms with Gasteiger partial charge in [-0.3, -0.25) is 24.0 Å². The molecular formula is C35H66N4O5. The zero-order chi connectivity index (χ0) is 33.2. The number of Topliss-reactive ketones (excluding diaryl/α,β-unsaturated/α-hetero) is 2. The van der Waals surface area contributed by atoms with E-state index in [1.807, 2.05) is 0 Å². The monoisotopic (exact) mass is 623 g/mol. The Morgan fingerprint density at radius 2 is 1.23 bits per heavy atom. The summed E-state index contributed by atoms with van der Waals surface area (Å²) in [6.07, 6.45) is 18.9. The molecule has 44 heavy (non-hydrogen) atoms. The summed E-state index contributed by atoms with van der Waals surface area (Å²) >= 11 is 0. The van der Waals surface area contributed by atoms with Crippen LogP contribution in [0.25, 0.3) is 0 Å². The second-order valence-corrected chi connectivity index (χ2v) is 12.9. The number of carbonyl (C=O) groups excluding carboxylic acids is 5. The third kappa shape index (κ3) is 22.3. The van der Waals surface area contributed by atoms with E-state index in [1.54, 1.807) is 27.9 Å². The van der Waals surface area contributed by atoms with E-state index in [-0.39, 0.29) is 67.7 Å². The Labute approximate surface area is 268 Å². The maximum atomic E-state index is 13.0. The minimum atomic E-state index is -0.549. The zero-order valence-corrected chi connectivity index (χ0v) is 28.9. The van der Waals surface area contributed by atoms with Gasteiger partial charge in [-0.05, 0) is 25.8 Å². The van der Waals surface area contributed by atoms with Crippen molar-refractivity contribution in [1.82, 2.24) is 15.1 Å². The number of amides is 3. The lowest BCUT2D eigenvalue weighted by atomic mass is 9.94. The predicted octanol–water partition coefficient (Wildman–Crippen LogP) is 5.82. The van der Waals surface area contributed by atoms with Gasteiger partial charge < -0.3 is 20.9 Å². The third-order valence-electron chi connectivity index (χ3n) is 8.25. The summed E-state index contributed by atoms with van der Waals surface area (Å²) in [7, 11) is 3.15. The van der Waals surface area contributed by atoms with Crippen molar-refractivity contribution in [1.29, 1.82) is 0 Å². The topological polar surface area (TPSA) is 130 Å². The van der Waals surface area contributed by atoms with Crippen LogP contribution in [0.3, 0.4) is 0 Å². The highest BCUT2D eigenvalue weighted by atomic mass is 16.2. The van der Waals surface area contributed by atoms with E-state index in [9.17, 15) is 24.0 Å². The van der Waals surface area contributed by atoms with Crippen molar-refractivity contribution < 1.29 is 24.0 Å². The maximum absolute atomic E-state index is 13.0. The molecule has 0 saturated carbocycles. The Bertz CT molecular complexity index is 817. The molecule has 9 nitrogen and oxygen atoms in total. The lowest BCUT2D eigenvalue weighted by molar-refractivity contribution is -0.140. The number of likely N-dealkylation sites (N-methyl/N-ethyl adjacent to an activating group) is 2. The molecule has 0 aromatic heterocycles. The summed E-state index contributed by atoms with van der Waals surface area (Å²) in [4.78, 5) is 65.5. The molecule has 0 spiro atoms. The lowest BCUT2D eigenvalue weighted by Crippen LogP contribution is -2.40. The Morgan fingerprint density at radius 1 is 0.682 bits per heavy atom. The van der Waals surface area contributed by atoms with Gasteiger partial charge in [-0.1, -0.05) is 104 Å². The fraction of sp³-hybridized carbons (Fsp3) is 0.857.